The highest BCUT2D eigenvalue weighted by atomic mass is 16.5. The van der Waals surface area contributed by atoms with Crippen molar-refractivity contribution < 1.29 is 9.53 Å². The predicted octanol–water partition coefficient (Wildman–Crippen LogP) is 2.95. The Labute approximate surface area is 170 Å². The van der Waals surface area contributed by atoms with Crippen LogP contribution in [-0.2, 0) is 19.5 Å². The van der Waals surface area contributed by atoms with Gasteiger partial charge in [0.25, 0.3) is 5.91 Å². The maximum atomic E-state index is 12.5. The molecule has 0 aliphatic carbocycles. The van der Waals surface area contributed by atoms with E-state index in [0.717, 1.165) is 54.6 Å². The SMILES string of the molecule is COc1ccc(C(=O)Nc2cccc(CNC3CCc4nc(C)nn4C3)c2)cc1. The Morgan fingerprint density at radius 3 is 2.86 bits per heavy atom. The minimum Gasteiger partial charge on any atom is -0.497 e. The van der Waals surface area contributed by atoms with Crippen LogP contribution in [-0.4, -0.2) is 33.8 Å². The maximum Gasteiger partial charge on any atom is 0.255 e. The van der Waals surface area contributed by atoms with E-state index in [0.29, 0.717) is 11.6 Å². The van der Waals surface area contributed by atoms with Gasteiger partial charge in [-0.1, -0.05) is 12.1 Å². The number of nitrogens with one attached hydrogen (secondary N) is 2. The fourth-order valence-corrected chi connectivity index (χ4v) is 3.57. The van der Waals surface area contributed by atoms with Crippen LogP contribution >= 0.6 is 0 Å². The molecule has 2 aromatic carbocycles. The molecule has 1 atom stereocenters. The van der Waals surface area contributed by atoms with Gasteiger partial charge in [-0.25, -0.2) is 9.67 Å². The highest BCUT2D eigenvalue weighted by Gasteiger charge is 2.20. The molecule has 0 bridgehead atoms. The van der Waals surface area contributed by atoms with E-state index in [4.69, 9.17) is 4.74 Å². The third kappa shape index (κ3) is 4.63. The molecule has 1 amide bonds. The Morgan fingerprint density at radius 1 is 1.24 bits per heavy atom. The summed E-state index contributed by atoms with van der Waals surface area (Å²) in [6.07, 6.45) is 1.99. The fourth-order valence-electron chi connectivity index (χ4n) is 3.57. The third-order valence-corrected chi connectivity index (χ3v) is 5.10. The lowest BCUT2D eigenvalue weighted by atomic mass is 10.1. The first-order chi connectivity index (χ1) is 14.1. The second kappa shape index (κ2) is 8.45. The minimum atomic E-state index is -0.140. The normalized spacial score (nSPS) is 15.6. The number of methoxy groups -OCH3 is 1. The summed E-state index contributed by atoms with van der Waals surface area (Å²) in [5.74, 6) is 2.49. The number of aromatic nitrogens is 3. The molecule has 0 saturated carbocycles. The van der Waals surface area contributed by atoms with Gasteiger partial charge >= 0.3 is 0 Å². The van der Waals surface area contributed by atoms with Crippen molar-refractivity contribution in [2.24, 2.45) is 0 Å². The van der Waals surface area contributed by atoms with E-state index in [1.165, 1.54) is 0 Å². The molecule has 150 valence electrons. The summed E-state index contributed by atoms with van der Waals surface area (Å²) in [6.45, 7) is 3.50. The average molecular weight is 391 g/mol. The molecule has 1 aliphatic heterocycles. The molecule has 0 saturated heterocycles. The zero-order valence-electron chi connectivity index (χ0n) is 16.7. The number of nitrogens with zero attached hydrogens (tertiary/aromatic N) is 3. The van der Waals surface area contributed by atoms with E-state index in [-0.39, 0.29) is 5.91 Å². The van der Waals surface area contributed by atoms with E-state index in [2.05, 4.69) is 26.8 Å². The number of benzene rings is 2. The van der Waals surface area contributed by atoms with Crippen molar-refractivity contribution in [3.63, 3.8) is 0 Å². The summed E-state index contributed by atoms with van der Waals surface area (Å²) in [5, 5.41) is 11.0. The highest BCUT2D eigenvalue weighted by Crippen LogP contribution is 2.17. The summed E-state index contributed by atoms with van der Waals surface area (Å²) in [7, 11) is 1.60. The molecule has 4 rings (SSSR count). The average Bonchev–Trinajstić information content (AvgIpc) is 3.12. The van der Waals surface area contributed by atoms with Crippen LogP contribution in [0.2, 0.25) is 0 Å². The number of hydrogen-bond donors (Lipinski definition) is 2. The number of ether oxygens (including phenoxy) is 1. The zero-order valence-corrected chi connectivity index (χ0v) is 16.7. The van der Waals surface area contributed by atoms with E-state index in [1.807, 2.05) is 29.8 Å². The molecular weight excluding hydrogens is 366 g/mol. The van der Waals surface area contributed by atoms with Gasteiger partial charge < -0.3 is 15.4 Å². The zero-order chi connectivity index (χ0) is 20.2. The van der Waals surface area contributed by atoms with Gasteiger partial charge in [-0.05, 0) is 55.3 Å². The monoisotopic (exact) mass is 391 g/mol. The molecule has 29 heavy (non-hydrogen) atoms. The van der Waals surface area contributed by atoms with Crippen molar-refractivity contribution in [1.82, 2.24) is 20.1 Å². The summed E-state index contributed by atoms with van der Waals surface area (Å²) in [6, 6.07) is 15.3. The lowest BCUT2D eigenvalue weighted by molar-refractivity contribution is 0.102. The number of fused-ring (bicyclic) bond motifs is 1. The predicted molar refractivity (Wildman–Crippen MR) is 111 cm³/mol. The van der Waals surface area contributed by atoms with E-state index >= 15 is 0 Å². The molecule has 0 spiro atoms. The van der Waals surface area contributed by atoms with Crippen molar-refractivity contribution in [2.75, 3.05) is 12.4 Å². The number of carbonyl (C=O) groups is 1. The largest absolute Gasteiger partial charge is 0.497 e. The van der Waals surface area contributed by atoms with Crippen LogP contribution in [0.5, 0.6) is 5.75 Å². The molecule has 1 aromatic heterocycles. The number of rotatable bonds is 6. The molecule has 0 radical (unpaired) electrons. The first-order valence-corrected chi connectivity index (χ1v) is 9.79. The van der Waals surface area contributed by atoms with Crippen molar-refractivity contribution in [1.29, 1.82) is 0 Å². The molecule has 2 heterocycles. The van der Waals surface area contributed by atoms with Gasteiger partial charge in [0, 0.05) is 30.3 Å². The summed E-state index contributed by atoms with van der Waals surface area (Å²) in [5.41, 5.74) is 2.50. The van der Waals surface area contributed by atoms with E-state index in [9.17, 15) is 4.79 Å². The second-order valence-corrected chi connectivity index (χ2v) is 7.26. The van der Waals surface area contributed by atoms with Crippen LogP contribution in [0, 0.1) is 6.92 Å². The number of aryl methyl sites for hydroxylation is 2. The Morgan fingerprint density at radius 2 is 2.07 bits per heavy atom. The Kier molecular flexibility index (Phi) is 5.57. The van der Waals surface area contributed by atoms with Gasteiger partial charge in [-0.15, -0.1) is 0 Å². The maximum absolute atomic E-state index is 12.5. The van der Waals surface area contributed by atoms with Gasteiger partial charge in [0.2, 0.25) is 0 Å². The molecule has 1 aliphatic rings. The number of anilines is 1. The van der Waals surface area contributed by atoms with Crippen LogP contribution in [0.3, 0.4) is 0 Å². The van der Waals surface area contributed by atoms with Gasteiger partial charge in [0.15, 0.2) is 0 Å². The van der Waals surface area contributed by atoms with E-state index < -0.39 is 0 Å². The Bertz CT molecular complexity index is 997. The van der Waals surface area contributed by atoms with Crippen molar-refractivity contribution >= 4 is 11.6 Å². The van der Waals surface area contributed by atoms with Gasteiger partial charge in [0.05, 0.1) is 13.7 Å². The van der Waals surface area contributed by atoms with Gasteiger partial charge in [-0.3, -0.25) is 4.79 Å². The van der Waals surface area contributed by atoms with Crippen LogP contribution in [0.15, 0.2) is 48.5 Å². The number of carbonyl (C=O) groups excluding carboxylic acids is 1. The molecule has 7 nitrogen and oxygen atoms in total. The molecule has 1 unspecified atom stereocenters. The molecular formula is C22H25N5O2. The summed E-state index contributed by atoms with van der Waals surface area (Å²) < 4.78 is 7.13. The number of amides is 1. The molecule has 7 heteroatoms. The first kappa shape index (κ1) is 19.1. The van der Waals surface area contributed by atoms with Crippen LogP contribution in [0.4, 0.5) is 5.69 Å². The topological polar surface area (TPSA) is 81.1 Å². The lowest BCUT2D eigenvalue weighted by Gasteiger charge is -2.23. The Hall–Kier alpha value is -3.19. The third-order valence-electron chi connectivity index (χ3n) is 5.10. The van der Waals surface area contributed by atoms with Crippen LogP contribution in [0.25, 0.3) is 0 Å². The summed E-state index contributed by atoms with van der Waals surface area (Å²) >= 11 is 0. The lowest BCUT2D eigenvalue weighted by Crippen LogP contribution is -2.37. The Balaban J connectivity index is 1.34. The molecule has 3 aromatic rings. The fraction of sp³-hybridized carbons (Fsp3) is 0.318. The van der Waals surface area contributed by atoms with Crippen LogP contribution < -0.4 is 15.4 Å². The second-order valence-electron chi connectivity index (χ2n) is 7.26. The van der Waals surface area contributed by atoms with Crippen LogP contribution in [0.1, 0.15) is 34.0 Å². The van der Waals surface area contributed by atoms with Crippen molar-refractivity contribution in [3.8, 4) is 5.75 Å². The molecule has 2 N–H and O–H groups in total. The number of hydrogen-bond acceptors (Lipinski definition) is 5. The standard InChI is InChI=1S/C22H25N5O2/c1-15-24-21-11-8-19(14-27(21)26-15)23-13-16-4-3-5-18(12-16)25-22(28)17-6-9-20(29-2)10-7-17/h3-7,9-10,12,19,23H,8,11,13-14H2,1-2H3,(H,25,28). The highest BCUT2D eigenvalue weighted by molar-refractivity contribution is 6.04. The smallest absolute Gasteiger partial charge is 0.255 e. The summed E-state index contributed by atoms with van der Waals surface area (Å²) in [4.78, 5) is 16.9. The first-order valence-electron chi connectivity index (χ1n) is 9.79. The van der Waals surface area contributed by atoms with Crippen molar-refractivity contribution in [3.05, 3.63) is 71.3 Å². The minimum absolute atomic E-state index is 0.140. The van der Waals surface area contributed by atoms with E-state index in [1.54, 1.807) is 31.4 Å². The van der Waals surface area contributed by atoms with Crippen molar-refractivity contribution in [2.45, 2.75) is 38.9 Å². The molecule has 0 fully saturated rings. The van der Waals surface area contributed by atoms with Gasteiger partial charge in [-0.2, -0.15) is 5.10 Å². The van der Waals surface area contributed by atoms with Gasteiger partial charge in [0.1, 0.15) is 17.4 Å². The quantitative estimate of drug-likeness (QED) is 0.675.